The third-order valence-electron chi connectivity index (χ3n) is 5.52. The van der Waals surface area contributed by atoms with Gasteiger partial charge in [0.1, 0.15) is 11.6 Å². The fourth-order valence-electron chi connectivity index (χ4n) is 4.24. The molecule has 4 heterocycles. The first-order chi connectivity index (χ1) is 13.3. The Morgan fingerprint density at radius 2 is 1.96 bits per heavy atom. The molecule has 2 aromatic heterocycles. The van der Waals surface area contributed by atoms with Crippen molar-refractivity contribution in [1.82, 2.24) is 25.0 Å². The van der Waals surface area contributed by atoms with Crippen LogP contribution in [0.3, 0.4) is 0 Å². The highest BCUT2D eigenvalue weighted by molar-refractivity contribution is 5.75. The number of fused-ring (bicyclic) bond motifs is 3. The predicted octanol–water partition coefficient (Wildman–Crippen LogP) is 2.84. The number of nitrogens with one attached hydrogen (secondary N) is 1. The number of carbonyl (C=O) groups excluding carboxylic acids is 1. The molecular formula is C20H21N5O2. The maximum absolute atomic E-state index is 12.9. The number of urea groups is 1. The number of furan rings is 1. The lowest BCUT2D eigenvalue weighted by Crippen LogP contribution is -2.47. The third-order valence-corrected chi connectivity index (χ3v) is 5.52. The van der Waals surface area contributed by atoms with Crippen LogP contribution < -0.4 is 5.32 Å². The Balaban J connectivity index is 1.38. The van der Waals surface area contributed by atoms with Gasteiger partial charge >= 0.3 is 6.03 Å². The lowest BCUT2D eigenvalue weighted by atomic mass is 10.1. The minimum atomic E-state index is -0.0288. The van der Waals surface area contributed by atoms with Crippen molar-refractivity contribution in [2.24, 2.45) is 0 Å². The Morgan fingerprint density at radius 3 is 2.78 bits per heavy atom. The van der Waals surface area contributed by atoms with Crippen LogP contribution in [-0.2, 0) is 19.5 Å². The molecule has 2 aliphatic heterocycles. The summed E-state index contributed by atoms with van der Waals surface area (Å²) in [6, 6.07) is 14.1. The normalized spacial score (nSPS) is 21.0. The topological polar surface area (TPSA) is 76.2 Å². The number of nitrogens with zero attached hydrogens (tertiary/aromatic N) is 4. The van der Waals surface area contributed by atoms with Crippen LogP contribution in [0.2, 0.25) is 0 Å². The first kappa shape index (κ1) is 16.1. The average molecular weight is 363 g/mol. The van der Waals surface area contributed by atoms with E-state index >= 15 is 0 Å². The van der Waals surface area contributed by atoms with Gasteiger partial charge in [0.15, 0.2) is 5.82 Å². The largest absolute Gasteiger partial charge is 0.467 e. The molecule has 2 bridgehead atoms. The lowest BCUT2D eigenvalue weighted by Gasteiger charge is -2.28. The van der Waals surface area contributed by atoms with E-state index in [0.717, 1.165) is 48.8 Å². The van der Waals surface area contributed by atoms with Crippen LogP contribution in [0.5, 0.6) is 0 Å². The molecule has 27 heavy (non-hydrogen) atoms. The van der Waals surface area contributed by atoms with Gasteiger partial charge in [0, 0.05) is 24.6 Å². The van der Waals surface area contributed by atoms with Crippen molar-refractivity contribution in [2.45, 2.75) is 44.4 Å². The average Bonchev–Trinajstić information content (AvgIpc) is 3.40. The molecule has 7 nitrogen and oxygen atoms in total. The molecule has 0 radical (unpaired) electrons. The van der Waals surface area contributed by atoms with Crippen molar-refractivity contribution in [3.8, 4) is 11.4 Å². The Labute approximate surface area is 157 Å². The van der Waals surface area contributed by atoms with Crippen molar-refractivity contribution in [3.63, 3.8) is 0 Å². The first-order valence-corrected chi connectivity index (χ1v) is 9.35. The molecule has 2 aliphatic rings. The summed E-state index contributed by atoms with van der Waals surface area (Å²) in [6.07, 6.45) is 4.37. The van der Waals surface area contributed by atoms with Crippen LogP contribution in [0, 0.1) is 0 Å². The first-order valence-electron chi connectivity index (χ1n) is 9.35. The minimum Gasteiger partial charge on any atom is -0.467 e. The van der Waals surface area contributed by atoms with Crippen molar-refractivity contribution in [3.05, 3.63) is 60.3 Å². The summed E-state index contributed by atoms with van der Waals surface area (Å²) in [7, 11) is 0. The van der Waals surface area contributed by atoms with E-state index in [1.165, 1.54) is 0 Å². The molecule has 138 valence electrons. The Kier molecular flexibility index (Phi) is 3.92. The smallest absolute Gasteiger partial charge is 0.318 e. The highest BCUT2D eigenvalue weighted by Gasteiger charge is 2.41. The molecule has 1 saturated heterocycles. The van der Waals surface area contributed by atoms with Crippen LogP contribution in [0.25, 0.3) is 11.4 Å². The van der Waals surface area contributed by atoms with E-state index < -0.39 is 0 Å². The molecular weight excluding hydrogens is 342 g/mol. The zero-order chi connectivity index (χ0) is 18.2. The van der Waals surface area contributed by atoms with Crippen LogP contribution in [0.4, 0.5) is 4.79 Å². The van der Waals surface area contributed by atoms with Crippen molar-refractivity contribution >= 4 is 6.03 Å². The van der Waals surface area contributed by atoms with E-state index in [1.807, 2.05) is 47.4 Å². The second-order valence-electron chi connectivity index (χ2n) is 7.15. The van der Waals surface area contributed by atoms with Gasteiger partial charge < -0.3 is 19.2 Å². The predicted molar refractivity (Wildman–Crippen MR) is 98.8 cm³/mol. The molecule has 0 unspecified atom stereocenters. The summed E-state index contributed by atoms with van der Waals surface area (Å²) in [4.78, 5) is 14.9. The van der Waals surface area contributed by atoms with E-state index in [1.54, 1.807) is 6.26 Å². The second-order valence-corrected chi connectivity index (χ2v) is 7.15. The molecule has 3 aromatic rings. The standard InChI is InChI=1S/C20H21N5O2/c26-20(21-12-17-7-4-10-27-17)25-15-8-9-16(25)13-24-18(11-15)22-23-19(24)14-5-2-1-3-6-14/h1-7,10,15-16H,8-9,11-13H2,(H,21,26)/t15-,16+/m0/s1. The summed E-state index contributed by atoms with van der Waals surface area (Å²) in [6.45, 7) is 1.14. The van der Waals surface area contributed by atoms with Crippen LogP contribution in [0.1, 0.15) is 24.4 Å². The SMILES string of the molecule is O=C(NCc1ccco1)N1[C@@H]2CC[C@H]1Cc1nnc(-c3ccccc3)n1C2. The van der Waals surface area contributed by atoms with E-state index in [0.29, 0.717) is 6.54 Å². The summed E-state index contributed by atoms with van der Waals surface area (Å²) in [5.41, 5.74) is 1.06. The highest BCUT2D eigenvalue weighted by Crippen LogP contribution is 2.33. The zero-order valence-corrected chi connectivity index (χ0v) is 14.9. The van der Waals surface area contributed by atoms with Gasteiger partial charge in [-0.05, 0) is 25.0 Å². The maximum atomic E-state index is 12.9. The monoisotopic (exact) mass is 363 g/mol. The molecule has 7 heteroatoms. The van der Waals surface area contributed by atoms with E-state index in [-0.39, 0.29) is 18.1 Å². The second kappa shape index (κ2) is 6.57. The van der Waals surface area contributed by atoms with Crippen molar-refractivity contribution < 1.29 is 9.21 Å². The molecule has 0 aliphatic carbocycles. The van der Waals surface area contributed by atoms with Gasteiger partial charge in [0.2, 0.25) is 0 Å². The molecule has 1 N–H and O–H groups in total. The number of benzene rings is 1. The van der Waals surface area contributed by atoms with Crippen LogP contribution >= 0.6 is 0 Å². The molecule has 0 saturated carbocycles. The van der Waals surface area contributed by atoms with Gasteiger partial charge in [0.25, 0.3) is 0 Å². The molecule has 1 aromatic carbocycles. The molecule has 1 fully saturated rings. The van der Waals surface area contributed by atoms with Gasteiger partial charge in [-0.15, -0.1) is 10.2 Å². The number of aromatic nitrogens is 3. The molecule has 5 rings (SSSR count). The number of rotatable bonds is 3. The summed E-state index contributed by atoms with van der Waals surface area (Å²) in [5.74, 6) is 2.60. The summed E-state index contributed by atoms with van der Waals surface area (Å²) < 4.78 is 7.50. The summed E-state index contributed by atoms with van der Waals surface area (Å²) in [5, 5.41) is 11.9. The molecule has 2 atom stereocenters. The molecule has 2 amide bonds. The lowest BCUT2D eigenvalue weighted by molar-refractivity contribution is 0.170. The van der Waals surface area contributed by atoms with E-state index in [2.05, 4.69) is 20.1 Å². The maximum Gasteiger partial charge on any atom is 0.318 e. The van der Waals surface area contributed by atoms with Crippen molar-refractivity contribution in [1.29, 1.82) is 0 Å². The number of amides is 2. The number of carbonyl (C=O) groups is 1. The zero-order valence-electron chi connectivity index (χ0n) is 14.9. The van der Waals surface area contributed by atoms with E-state index in [4.69, 9.17) is 4.42 Å². The number of hydrogen-bond donors (Lipinski definition) is 1. The van der Waals surface area contributed by atoms with Gasteiger partial charge in [-0.3, -0.25) is 0 Å². The Hall–Kier alpha value is -3.09. The quantitative estimate of drug-likeness (QED) is 0.776. The molecule has 0 spiro atoms. The number of hydrogen-bond acceptors (Lipinski definition) is 4. The van der Waals surface area contributed by atoms with Gasteiger partial charge in [-0.25, -0.2) is 4.79 Å². The van der Waals surface area contributed by atoms with Gasteiger partial charge in [-0.2, -0.15) is 0 Å². The van der Waals surface area contributed by atoms with Gasteiger partial charge in [0.05, 0.1) is 18.8 Å². The van der Waals surface area contributed by atoms with E-state index in [9.17, 15) is 4.79 Å². The van der Waals surface area contributed by atoms with Crippen LogP contribution in [-0.4, -0.2) is 37.8 Å². The minimum absolute atomic E-state index is 0.0288. The fraction of sp³-hybridized carbons (Fsp3) is 0.350. The third kappa shape index (κ3) is 2.89. The van der Waals surface area contributed by atoms with Gasteiger partial charge in [-0.1, -0.05) is 30.3 Å². The Bertz CT molecular complexity index is 935. The van der Waals surface area contributed by atoms with Crippen molar-refractivity contribution in [2.75, 3.05) is 0 Å². The fourth-order valence-corrected chi connectivity index (χ4v) is 4.24. The van der Waals surface area contributed by atoms with Crippen LogP contribution in [0.15, 0.2) is 53.1 Å². The summed E-state index contributed by atoms with van der Waals surface area (Å²) >= 11 is 0. The Morgan fingerprint density at radius 1 is 1.11 bits per heavy atom. The highest BCUT2D eigenvalue weighted by atomic mass is 16.3.